The number of anilines is 1. The van der Waals surface area contributed by atoms with E-state index in [9.17, 15) is 4.79 Å². The second-order valence-electron chi connectivity index (χ2n) is 6.57. The minimum absolute atomic E-state index is 0.0436. The molecule has 0 spiro atoms. The summed E-state index contributed by atoms with van der Waals surface area (Å²) in [5.74, 6) is 1.17. The maximum Gasteiger partial charge on any atom is 0.234 e. The number of aromatic nitrogens is 4. The van der Waals surface area contributed by atoms with E-state index < -0.39 is 0 Å². The SMILES string of the molecule is CCn1c(Cc2cccn2C)nnc1SCC(=O)Nc1ccc(C)c(C)c1. The molecule has 1 amide bonds. The van der Waals surface area contributed by atoms with Crippen LogP contribution in [-0.4, -0.2) is 31.0 Å². The van der Waals surface area contributed by atoms with E-state index in [1.54, 1.807) is 0 Å². The van der Waals surface area contributed by atoms with E-state index >= 15 is 0 Å². The van der Waals surface area contributed by atoms with Crippen molar-refractivity contribution in [3.8, 4) is 0 Å². The molecular formula is C20H25N5OS. The number of aryl methyl sites for hydroxylation is 3. The normalized spacial score (nSPS) is 11.0. The van der Waals surface area contributed by atoms with Crippen molar-refractivity contribution in [2.75, 3.05) is 11.1 Å². The molecule has 0 aliphatic heterocycles. The van der Waals surface area contributed by atoms with Gasteiger partial charge in [-0.15, -0.1) is 10.2 Å². The molecule has 0 radical (unpaired) electrons. The lowest BCUT2D eigenvalue weighted by atomic mass is 10.1. The molecule has 2 aromatic heterocycles. The number of amides is 1. The molecule has 142 valence electrons. The van der Waals surface area contributed by atoms with Gasteiger partial charge in [-0.1, -0.05) is 17.8 Å². The van der Waals surface area contributed by atoms with Gasteiger partial charge in [-0.25, -0.2) is 0 Å². The van der Waals surface area contributed by atoms with Gasteiger partial charge in [0.1, 0.15) is 5.82 Å². The van der Waals surface area contributed by atoms with Gasteiger partial charge in [0, 0.05) is 37.6 Å². The predicted molar refractivity (Wildman–Crippen MR) is 109 cm³/mol. The molecule has 6 nitrogen and oxygen atoms in total. The van der Waals surface area contributed by atoms with Crippen molar-refractivity contribution in [2.45, 2.75) is 38.9 Å². The zero-order valence-corrected chi connectivity index (χ0v) is 17.0. The summed E-state index contributed by atoms with van der Waals surface area (Å²) in [7, 11) is 2.02. The molecule has 27 heavy (non-hydrogen) atoms. The highest BCUT2D eigenvalue weighted by Gasteiger charge is 2.14. The minimum atomic E-state index is -0.0436. The molecule has 3 aromatic rings. The number of thioether (sulfide) groups is 1. The van der Waals surface area contributed by atoms with E-state index in [-0.39, 0.29) is 5.91 Å². The van der Waals surface area contributed by atoms with E-state index in [0.29, 0.717) is 5.75 Å². The first-order chi connectivity index (χ1) is 13.0. The summed E-state index contributed by atoms with van der Waals surface area (Å²) in [5, 5.41) is 12.3. The molecule has 0 aliphatic carbocycles. The van der Waals surface area contributed by atoms with Gasteiger partial charge in [0.15, 0.2) is 5.16 Å². The molecule has 0 atom stereocenters. The van der Waals surface area contributed by atoms with E-state index in [2.05, 4.69) is 44.6 Å². The van der Waals surface area contributed by atoms with Gasteiger partial charge >= 0.3 is 0 Å². The van der Waals surface area contributed by atoms with E-state index in [1.165, 1.54) is 23.0 Å². The van der Waals surface area contributed by atoms with E-state index in [4.69, 9.17) is 0 Å². The summed E-state index contributed by atoms with van der Waals surface area (Å²) in [6, 6.07) is 10.0. The summed E-state index contributed by atoms with van der Waals surface area (Å²) in [6.07, 6.45) is 2.74. The zero-order valence-electron chi connectivity index (χ0n) is 16.2. The fourth-order valence-corrected chi connectivity index (χ4v) is 3.68. The average Bonchev–Trinajstić information content (AvgIpc) is 3.22. The molecule has 2 heterocycles. The van der Waals surface area contributed by atoms with Crippen LogP contribution in [0.3, 0.4) is 0 Å². The van der Waals surface area contributed by atoms with Gasteiger partial charge in [-0.3, -0.25) is 4.79 Å². The maximum atomic E-state index is 12.3. The lowest BCUT2D eigenvalue weighted by Gasteiger charge is -2.09. The second-order valence-corrected chi connectivity index (χ2v) is 7.51. The van der Waals surface area contributed by atoms with Gasteiger partial charge in [0.05, 0.1) is 5.75 Å². The number of hydrogen-bond acceptors (Lipinski definition) is 4. The third kappa shape index (κ3) is 4.60. The predicted octanol–water partition coefficient (Wildman–Crippen LogP) is 3.57. The Morgan fingerprint density at radius 2 is 2.00 bits per heavy atom. The van der Waals surface area contributed by atoms with Crippen molar-refractivity contribution in [1.29, 1.82) is 0 Å². The summed E-state index contributed by atoms with van der Waals surface area (Å²) >= 11 is 1.41. The Bertz CT molecular complexity index is 944. The molecule has 0 saturated heterocycles. The third-order valence-electron chi connectivity index (χ3n) is 4.62. The molecule has 0 bridgehead atoms. The quantitative estimate of drug-likeness (QED) is 0.634. The topological polar surface area (TPSA) is 64.7 Å². The van der Waals surface area contributed by atoms with Crippen LogP contribution in [0.25, 0.3) is 0 Å². The van der Waals surface area contributed by atoms with Gasteiger partial charge in [-0.2, -0.15) is 0 Å². The molecule has 1 N–H and O–H groups in total. The van der Waals surface area contributed by atoms with Crippen molar-refractivity contribution in [3.05, 3.63) is 59.2 Å². The van der Waals surface area contributed by atoms with Crippen LogP contribution in [-0.2, 0) is 24.8 Å². The molecular weight excluding hydrogens is 358 g/mol. The van der Waals surface area contributed by atoms with Crippen LogP contribution >= 0.6 is 11.8 Å². The minimum Gasteiger partial charge on any atom is -0.354 e. The summed E-state index contributed by atoms with van der Waals surface area (Å²) in [5.41, 5.74) is 4.38. The number of nitrogens with zero attached hydrogens (tertiary/aromatic N) is 4. The second kappa shape index (κ2) is 8.43. The van der Waals surface area contributed by atoms with Crippen molar-refractivity contribution < 1.29 is 4.79 Å². The van der Waals surface area contributed by atoms with Crippen LogP contribution < -0.4 is 5.32 Å². The van der Waals surface area contributed by atoms with Crippen molar-refractivity contribution in [1.82, 2.24) is 19.3 Å². The van der Waals surface area contributed by atoms with Crippen LogP contribution in [0.4, 0.5) is 5.69 Å². The summed E-state index contributed by atoms with van der Waals surface area (Å²) < 4.78 is 4.15. The van der Waals surface area contributed by atoms with Gasteiger partial charge < -0.3 is 14.5 Å². The Morgan fingerprint density at radius 3 is 2.67 bits per heavy atom. The van der Waals surface area contributed by atoms with Gasteiger partial charge in [-0.05, 0) is 56.2 Å². The van der Waals surface area contributed by atoms with Crippen molar-refractivity contribution in [3.63, 3.8) is 0 Å². The number of rotatable bonds is 7. The van der Waals surface area contributed by atoms with Crippen LogP contribution in [0.2, 0.25) is 0 Å². The maximum absolute atomic E-state index is 12.3. The van der Waals surface area contributed by atoms with Crippen LogP contribution in [0.5, 0.6) is 0 Å². The van der Waals surface area contributed by atoms with Gasteiger partial charge in [0.25, 0.3) is 0 Å². The molecule has 1 aromatic carbocycles. The Hall–Kier alpha value is -2.54. The standard InChI is InChI=1S/C20H25N5OS/c1-5-25-18(12-17-7-6-10-24(17)4)22-23-20(25)27-13-19(26)21-16-9-8-14(2)15(3)11-16/h6-11H,5,12-13H2,1-4H3,(H,21,26). The fraction of sp³-hybridized carbons (Fsp3) is 0.350. The molecule has 0 aliphatic rings. The number of carbonyl (C=O) groups excluding carboxylic acids is 1. The average molecular weight is 384 g/mol. The smallest absolute Gasteiger partial charge is 0.234 e. The lowest BCUT2D eigenvalue weighted by molar-refractivity contribution is -0.113. The van der Waals surface area contributed by atoms with Crippen LogP contribution in [0.15, 0.2) is 41.7 Å². The van der Waals surface area contributed by atoms with E-state index in [0.717, 1.165) is 35.2 Å². The molecule has 0 fully saturated rings. The molecule has 3 rings (SSSR count). The zero-order chi connectivity index (χ0) is 19.4. The van der Waals surface area contributed by atoms with Crippen molar-refractivity contribution in [2.24, 2.45) is 7.05 Å². The van der Waals surface area contributed by atoms with Crippen LogP contribution in [0.1, 0.15) is 29.6 Å². The Morgan fingerprint density at radius 1 is 1.19 bits per heavy atom. The first kappa shape index (κ1) is 19.2. The Balaban J connectivity index is 1.62. The fourth-order valence-electron chi connectivity index (χ4n) is 2.86. The monoisotopic (exact) mass is 383 g/mol. The summed E-state index contributed by atoms with van der Waals surface area (Å²) in [4.78, 5) is 12.3. The lowest BCUT2D eigenvalue weighted by Crippen LogP contribution is -2.15. The Kier molecular flexibility index (Phi) is 6.01. The van der Waals surface area contributed by atoms with Crippen LogP contribution in [0, 0.1) is 13.8 Å². The molecule has 7 heteroatoms. The highest BCUT2D eigenvalue weighted by molar-refractivity contribution is 7.99. The molecule has 0 unspecified atom stereocenters. The number of benzene rings is 1. The highest BCUT2D eigenvalue weighted by Crippen LogP contribution is 2.20. The summed E-state index contributed by atoms with van der Waals surface area (Å²) in [6.45, 7) is 6.93. The third-order valence-corrected chi connectivity index (χ3v) is 5.59. The number of hydrogen-bond donors (Lipinski definition) is 1. The Labute approximate surface area is 164 Å². The highest BCUT2D eigenvalue weighted by atomic mass is 32.2. The number of nitrogens with one attached hydrogen (secondary N) is 1. The first-order valence-corrected chi connectivity index (χ1v) is 9.98. The van der Waals surface area contributed by atoms with E-state index in [1.807, 2.05) is 44.4 Å². The molecule has 0 saturated carbocycles. The largest absolute Gasteiger partial charge is 0.354 e. The van der Waals surface area contributed by atoms with Gasteiger partial charge in [0.2, 0.25) is 5.91 Å². The number of carbonyl (C=O) groups is 1. The first-order valence-electron chi connectivity index (χ1n) is 9.00. The van der Waals surface area contributed by atoms with Crippen molar-refractivity contribution >= 4 is 23.4 Å².